The lowest BCUT2D eigenvalue weighted by molar-refractivity contribution is 0.124. The average Bonchev–Trinajstić information content (AvgIpc) is 2.43. The third-order valence-corrected chi connectivity index (χ3v) is 3.05. The summed E-state index contributed by atoms with van der Waals surface area (Å²) >= 11 is 0. The van der Waals surface area contributed by atoms with Crippen molar-refractivity contribution in [1.82, 2.24) is 5.32 Å². The minimum Gasteiger partial charge on any atom is -0.493 e. The average molecular weight is 272 g/mol. The fourth-order valence-electron chi connectivity index (χ4n) is 1.95. The maximum absolute atomic E-state index is 14.0. The van der Waals surface area contributed by atoms with Gasteiger partial charge in [0.1, 0.15) is 5.82 Å². The third kappa shape index (κ3) is 3.56. The van der Waals surface area contributed by atoms with E-state index in [2.05, 4.69) is 5.32 Å². The van der Waals surface area contributed by atoms with Crippen LogP contribution in [0.2, 0.25) is 0 Å². The van der Waals surface area contributed by atoms with E-state index in [1.54, 1.807) is 7.05 Å². The lowest BCUT2D eigenvalue weighted by Crippen LogP contribution is -2.34. The summed E-state index contributed by atoms with van der Waals surface area (Å²) in [6.45, 7) is 0.400. The fourth-order valence-corrected chi connectivity index (χ4v) is 1.95. The highest BCUT2D eigenvalue weighted by Gasteiger charge is 2.23. The van der Waals surface area contributed by atoms with Crippen molar-refractivity contribution in [2.45, 2.75) is 18.6 Å². The molecule has 108 valence electrons. The van der Waals surface area contributed by atoms with Crippen LogP contribution in [0.15, 0.2) is 12.1 Å². The Morgan fingerprint density at radius 1 is 1.32 bits per heavy atom. The Morgan fingerprint density at radius 2 is 1.89 bits per heavy atom. The van der Waals surface area contributed by atoms with Crippen LogP contribution in [0.25, 0.3) is 0 Å². The number of ether oxygens (including phenoxy) is 2. The summed E-state index contributed by atoms with van der Waals surface area (Å²) in [6.07, 6.45) is -0.473. The predicted octanol–water partition coefficient (Wildman–Crippen LogP) is 0.813. The van der Waals surface area contributed by atoms with Gasteiger partial charge in [-0.1, -0.05) is 0 Å². The van der Waals surface area contributed by atoms with Crippen LogP contribution in [0.4, 0.5) is 4.39 Å². The predicted molar refractivity (Wildman–Crippen MR) is 71.0 cm³/mol. The number of nitrogens with one attached hydrogen (secondary N) is 1. The van der Waals surface area contributed by atoms with Crippen LogP contribution in [-0.4, -0.2) is 39.0 Å². The number of halogens is 1. The van der Waals surface area contributed by atoms with Gasteiger partial charge in [-0.05, 0) is 26.1 Å². The molecule has 0 heterocycles. The quantitative estimate of drug-likeness (QED) is 0.685. The van der Waals surface area contributed by atoms with E-state index in [0.717, 1.165) is 0 Å². The second-order valence-corrected chi connectivity index (χ2v) is 4.15. The summed E-state index contributed by atoms with van der Waals surface area (Å²) < 4.78 is 24.1. The highest BCUT2D eigenvalue weighted by Crippen LogP contribution is 2.33. The standard InChI is InChI=1S/C13H21FN2O3/c1-16-10(4-5-15)13(17)8-6-11(18-2)12(19-3)7-9(8)14/h6-7,10,13,16-17H,4-5,15H2,1-3H3. The van der Waals surface area contributed by atoms with Crippen molar-refractivity contribution in [3.63, 3.8) is 0 Å². The molecule has 0 radical (unpaired) electrons. The monoisotopic (exact) mass is 272 g/mol. The highest BCUT2D eigenvalue weighted by atomic mass is 19.1. The van der Waals surface area contributed by atoms with Crippen LogP contribution in [0.1, 0.15) is 18.1 Å². The van der Waals surface area contributed by atoms with Crippen LogP contribution >= 0.6 is 0 Å². The van der Waals surface area contributed by atoms with Gasteiger partial charge in [-0.3, -0.25) is 0 Å². The summed E-state index contributed by atoms with van der Waals surface area (Å²) in [6, 6.07) is 2.32. The van der Waals surface area contributed by atoms with Crippen molar-refractivity contribution in [3.8, 4) is 11.5 Å². The molecular formula is C13H21FN2O3. The van der Waals surface area contributed by atoms with E-state index in [0.29, 0.717) is 18.7 Å². The normalized spacial score (nSPS) is 14.0. The van der Waals surface area contributed by atoms with Crippen LogP contribution in [0, 0.1) is 5.82 Å². The summed E-state index contributed by atoms with van der Waals surface area (Å²) in [5, 5.41) is 13.1. The van der Waals surface area contributed by atoms with Crippen molar-refractivity contribution in [3.05, 3.63) is 23.5 Å². The Labute approximate surface area is 112 Å². The first-order valence-electron chi connectivity index (χ1n) is 6.05. The van der Waals surface area contributed by atoms with Gasteiger partial charge in [0.2, 0.25) is 0 Å². The topological polar surface area (TPSA) is 76.7 Å². The third-order valence-electron chi connectivity index (χ3n) is 3.05. The zero-order valence-corrected chi connectivity index (χ0v) is 11.4. The van der Waals surface area contributed by atoms with E-state index in [1.807, 2.05) is 0 Å². The minimum atomic E-state index is -1.01. The molecular weight excluding hydrogens is 251 g/mol. The van der Waals surface area contributed by atoms with Crippen LogP contribution < -0.4 is 20.5 Å². The van der Waals surface area contributed by atoms with Crippen molar-refractivity contribution in [2.24, 2.45) is 5.73 Å². The number of aliphatic hydroxyl groups excluding tert-OH is 1. The van der Waals surface area contributed by atoms with Gasteiger partial charge in [0.05, 0.1) is 20.3 Å². The SMILES string of the molecule is CNC(CCN)C(O)c1cc(OC)c(OC)cc1F. The molecule has 4 N–H and O–H groups in total. The first-order valence-corrected chi connectivity index (χ1v) is 6.05. The molecule has 5 nitrogen and oxygen atoms in total. The number of likely N-dealkylation sites (N-methyl/N-ethyl adjacent to an activating group) is 1. The molecule has 1 aromatic carbocycles. The molecule has 0 amide bonds. The van der Waals surface area contributed by atoms with E-state index in [4.69, 9.17) is 15.2 Å². The number of methoxy groups -OCH3 is 2. The molecule has 0 fully saturated rings. The maximum Gasteiger partial charge on any atom is 0.163 e. The first-order chi connectivity index (χ1) is 9.08. The Hall–Kier alpha value is -1.37. The van der Waals surface area contributed by atoms with Gasteiger partial charge >= 0.3 is 0 Å². The Kier molecular flexibility index (Phi) is 6.01. The Bertz CT molecular complexity index is 415. The van der Waals surface area contributed by atoms with Crippen LogP contribution in [0.5, 0.6) is 11.5 Å². The van der Waals surface area contributed by atoms with E-state index in [-0.39, 0.29) is 17.4 Å². The van der Waals surface area contributed by atoms with Gasteiger partial charge in [-0.25, -0.2) is 4.39 Å². The van der Waals surface area contributed by atoms with E-state index in [1.165, 1.54) is 26.4 Å². The molecule has 0 aliphatic carbocycles. The van der Waals surface area contributed by atoms with Crippen LogP contribution in [-0.2, 0) is 0 Å². The Morgan fingerprint density at radius 3 is 2.37 bits per heavy atom. The van der Waals surface area contributed by atoms with Gasteiger partial charge in [-0.15, -0.1) is 0 Å². The molecule has 1 aromatic rings. The lowest BCUT2D eigenvalue weighted by Gasteiger charge is -2.23. The van der Waals surface area contributed by atoms with Crippen molar-refractivity contribution in [1.29, 1.82) is 0 Å². The highest BCUT2D eigenvalue weighted by molar-refractivity contribution is 5.44. The van der Waals surface area contributed by atoms with E-state index >= 15 is 0 Å². The number of hydrogen-bond donors (Lipinski definition) is 3. The lowest BCUT2D eigenvalue weighted by atomic mass is 9.99. The van der Waals surface area contributed by atoms with Gasteiger partial charge in [0.25, 0.3) is 0 Å². The summed E-state index contributed by atoms with van der Waals surface area (Å²) in [5.41, 5.74) is 5.63. The number of aliphatic hydroxyl groups is 1. The molecule has 0 spiro atoms. The molecule has 2 unspecified atom stereocenters. The largest absolute Gasteiger partial charge is 0.493 e. The molecule has 0 aliphatic heterocycles. The Balaban J connectivity index is 3.11. The fraction of sp³-hybridized carbons (Fsp3) is 0.538. The van der Waals surface area contributed by atoms with Gasteiger partial charge in [0.15, 0.2) is 11.5 Å². The zero-order valence-electron chi connectivity index (χ0n) is 11.4. The second-order valence-electron chi connectivity index (χ2n) is 4.15. The molecule has 2 atom stereocenters. The molecule has 0 aromatic heterocycles. The maximum atomic E-state index is 14.0. The molecule has 19 heavy (non-hydrogen) atoms. The minimum absolute atomic E-state index is 0.158. The zero-order chi connectivity index (χ0) is 14.4. The molecule has 0 saturated carbocycles. The summed E-state index contributed by atoms with van der Waals surface area (Å²) in [5.74, 6) is 0.124. The van der Waals surface area contributed by atoms with Crippen molar-refractivity contribution < 1.29 is 19.0 Å². The van der Waals surface area contributed by atoms with Crippen molar-refractivity contribution in [2.75, 3.05) is 27.8 Å². The molecule has 0 bridgehead atoms. The first kappa shape index (κ1) is 15.7. The smallest absolute Gasteiger partial charge is 0.163 e. The molecule has 0 saturated heterocycles. The van der Waals surface area contributed by atoms with Gasteiger partial charge in [-0.2, -0.15) is 0 Å². The molecule has 0 aliphatic rings. The van der Waals surface area contributed by atoms with Crippen LogP contribution in [0.3, 0.4) is 0 Å². The number of rotatable bonds is 7. The molecule has 1 rings (SSSR count). The van der Waals surface area contributed by atoms with Crippen molar-refractivity contribution >= 4 is 0 Å². The summed E-state index contributed by atoms with van der Waals surface area (Å²) in [4.78, 5) is 0. The number of benzene rings is 1. The van der Waals surface area contributed by atoms with E-state index in [9.17, 15) is 9.50 Å². The van der Waals surface area contributed by atoms with Gasteiger partial charge < -0.3 is 25.6 Å². The molecule has 6 heteroatoms. The van der Waals surface area contributed by atoms with Gasteiger partial charge in [0, 0.05) is 17.7 Å². The second kappa shape index (κ2) is 7.28. The van der Waals surface area contributed by atoms with E-state index < -0.39 is 11.9 Å². The summed E-state index contributed by atoms with van der Waals surface area (Å²) in [7, 11) is 4.59. The number of nitrogens with two attached hydrogens (primary N) is 1. The number of hydrogen-bond acceptors (Lipinski definition) is 5.